The number of hydrogen-bond acceptors (Lipinski definition) is 4. The number of nitrogens with two attached hydrogens (primary N) is 1. The van der Waals surface area contributed by atoms with Crippen LogP contribution < -0.4 is 11.1 Å². The molecule has 18 heavy (non-hydrogen) atoms. The highest BCUT2D eigenvalue weighted by molar-refractivity contribution is 7.09. The number of hydrogen-bond donors (Lipinski definition) is 2. The summed E-state index contributed by atoms with van der Waals surface area (Å²) in [5.74, 6) is 0.328. The van der Waals surface area contributed by atoms with E-state index in [0.29, 0.717) is 12.3 Å². The van der Waals surface area contributed by atoms with Gasteiger partial charge >= 0.3 is 0 Å². The van der Waals surface area contributed by atoms with Crippen molar-refractivity contribution in [3.8, 4) is 0 Å². The van der Waals surface area contributed by atoms with Gasteiger partial charge in [0.1, 0.15) is 0 Å². The minimum atomic E-state index is -0.434. The van der Waals surface area contributed by atoms with Crippen LogP contribution >= 0.6 is 11.3 Å². The Morgan fingerprint density at radius 1 is 1.50 bits per heavy atom. The summed E-state index contributed by atoms with van der Waals surface area (Å²) >= 11 is 1.63. The van der Waals surface area contributed by atoms with Gasteiger partial charge in [-0.25, -0.2) is 4.98 Å². The highest BCUT2D eigenvalue weighted by atomic mass is 32.1. The number of nitrogens with zero attached hydrogens (tertiary/aromatic N) is 1. The molecule has 1 heterocycles. The molecule has 0 aliphatic heterocycles. The van der Waals surface area contributed by atoms with Gasteiger partial charge in [0.05, 0.1) is 22.8 Å². The first-order valence-corrected chi connectivity index (χ1v) is 7.32. The Morgan fingerprint density at radius 3 is 2.67 bits per heavy atom. The first kappa shape index (κ1) is 15.1. The molecule has 1 amide bonds. The second kappa shape index (κ2) is 6.85. The van der Waals surface area contributed by atoms with E-state index >= 15 is 0 Å². The summed E-state index contributed by atoms with van der Waals surface area (Å²) in [6.07, 6.45) is 1.63. The van der Waals surface area contributed by atoms with Crippen molar-refractivity contribution in [3.05, 3.63) is 16.1 Å². The number of amides is 1. The van der Waals surface area contributed by atoms with E-state index in [1.807, 2.05) is 12.3 Å². The molecule has 102 valence electrons. The predicted molar refractivity (Wildman–Crippen MR) is 75.5 cm³/mol. The standard InChI is InChI=1S/C13H23N3OS/c1-5-12-16-11(7-18-12)9(4)15-13(17)10(14)6-8(2)3/h7-10H,5-6,14H2,1-4H3,(H,15,17)/t9?,10-/m0/s1. The largest absolute Gasteiger partial charge is 0.347 e. The molecular formula is C13H23N3OS. The van der Waals surface area contributed by atoms with E-state index in [9.17, 15) is 4.79 Å². The maximum Gasteiger partial charge on any atom is 0.237 e. The molecule has 0 aliphatic carbocycles. The lowest BCUT2D eigenvalue weighted by atomic mass is 10.0. The van der Waals surface area contributed by atoms with E-state index in [1.165, 1.54) is 0 Å². The van der Waals surface area contributed by atoms with Crippen LogP contribution in [-0.2, 0) is 11.2 Å². The van der Waals surface area contributed by atoms with Crippen molar-refractivity contribution in [2.45, 2.75) is 52.6 Å². The molecule has 4 nitrogen and oxygen atoms in total. The van der Waals surface area contributed by atoms with Crippen LogP contribution in [-0.4, -0.2) is 16.9 Å². The molecule has 3 N–H and O–H groups in total. The SMILES string of the molecule is CCc1nc(C(C)NC(=O)[C@@H](N)CC(C)C)cs1. The molecule has 0 bridgehead atoms. The summed E-state index contributed by atoms with van der Waals surface area (Å²) in [6, 6.07) is -0.510. The van der Waals surface area contributed by atoms with Crippen LogP contribution in [0.5, 0.6) is 0 Å². The number of thiazole rings is 1. The lowest BCUT2D eigenvalue weighted by Crippen LogP contribution is -2.42. The number of carbonyl (C=O) groups is 1. The second-order valence-electron chi connectivity index (χ2n) is 4.99. The highest BCUT2D eigenvalue weighted by Gasteiger charge is 2.18. The predicted octanol–water partition coefficient (Wildman–Crippen LogP) is 2.26. The van der Waals surface area contributed by atoms with E-state index in [4.69, 9.17) is 5.73 Å². The maximum absolute atomic E-state index is 11.9. The van der Waals surface area contributed by atoms with Crippen molar-refractivity contribution in [2.24, 2.45) is 11.7 Å². The first-order chi connectivity index (χ1) is 8.43. The third-order valence-electron chi connectivity index (χ3n) is 2.74. The molecule has 1 aromatic heterocycles. The summed E-state index contributed by atoms with van der Waals surface area (Å²) in [5, 5.41) is 6.01. The number of nitrogens with one attached hydrogen (secondary N) is 1. The molecule has 0 saturated carbocycles. The fraction of sp³-hybridized carbons (Fsp3) is 0.692. The highest BCUT2D eigenvalue weighted by Crippen LogP contribution is 2.17. The van der Waals surface area contributed by atoms with E-state index in [2.05, 4.69) is 31.1 Å². The van der Waals surface area contributed by atoms with Crippen molar-refractivity contribution in [1.82, 2.24) is 10.3 Å². The molecular weight excluding hydrogens is 246 g/mol. The van der Waals surface area contributed by atoms with Crippen LogP contribution in [0.15, 0.2) is 5.38 Å². The van der Waals surface area contributed by atoms with Gasteiger partial charge in [-0.1, -0.05) is 20.8 Å². The quantitative estimate of drug-likeness (QED) is 0.832. The topological polar surface area (TPSA) is 68.0 Å². The zero-order valence-corrected chi connectivity index (χ0v) is 12.4. The Hall–Kier alpha value is -0.940. The average molecular weight is 269 g/mol. The molecule has 0 radical (unpaired) electrons. The molecule has 0 saturated heterocycles. The van der Waals surface area contributed by atoms with Crippen molar-refractivity contribution >= 4 is 17.2 Å². The molecule has 0 aromatic carbocycles. The average Bonchev–Trinajstić information content (AvgIpc) is 2.76. The van der Waals surface area contributed by atoms with E-state index in [0.717, 1.165) is 17.1 Å². The fourth-order valence-electron chi connectivity index (χ4n) is 1.70. The van der Waals surface area contributed by atoms with E-state index in [-0.39, 0.29) is 11.9 Å². The zero-order valence-electron chi connectivity index (χ0n) is 11.6. The number of rotatable bonds is 6. The van der Waals surface area contributed by atoms with Crippen LogP contribution in [0.1, 0.15) is 50.9 Å². The van der Waals surface area contributed by atoms with Crippen molar-refractivity contribution in [1.29, 1.82) is 0 Å². The van der Waals surface area contributed by atoms with Crippen molar-refractivity contribution < 1.29 is 4.79 Å². The Labute approximate surface area is 113 Å². The minimum absolute atomic E-state index is 0.0766. The zero-order chi connectivity index (χ0) is 13.7. The Morgan fingerprint density at radius 2 is 2.17 bits per heavy atom. The van der Waals surface area contributed by atoms with Gasteiger partial charge in [0, 0.05) is 5.38 Å². The van der Waals surface area contributed by atoms with Gasteiger partial charge in [-0.15, -0.1) is 11.3 Å². The van der Waals surface area contributed by atoms with Crippen LogP contribution in [0.25, 0.3) is 0 Å². The third kappa shape index (κ3) is 4.38. The summed E-state index contributed by atoms with van der Waals surface area (Å²) < 4.78 is 0. The molecule has 2 atom stereocenters. The summed E-state index contributed by atoms with van der Waals surface area (Å²) in [7, 11) is 0. The van der Waals surface area contributed by atoms with Gasteiger partial charge in [0.25, 0.3) is 0 Å². The lowest BCUT2D eigenvalue weighted by molar-refractivity contribution is -0.123. The molecule has 5 heteroatoms. The summed E-state index contributed by atoms with van der Waals surface area (Å²) in [6.45, 7) is 8.13. The Kier molecular flexibility index (Phi) is 5.75. The normalized spacial score (nSPS) is 14.6. The van der Waals surface area contributed by atoms with Crippen LogP contribution in [0, 0.1) is 5.92 Å². The van der Waals surface area contributed by atoms with Gasteiger partial charge < -0.3 is 11.1 Å². The molecule has 0 fully saturated rings. The number of aromatic nitrogens is 1. The van der Waals surface area contributed by atoms with Crippen molar-refractivity contribution in [2.75, 3.05) is 0 Å². The van der Waals surface area contributed by atoms with Crippen LogP contribution in [0.2, 0.25) is 0 Å². The minimum Gasteiger partial charge on any atom is -0.347 e. The molecule has 1 rings (SSSR count). The van der Waals surface area contributed by atoms with Crippen molar-refractivity contribution in [3.63, 3.8) is 0 Å². The van der Waals surface area contributed by atoms with Gasteiger partial charge in [-0.05, 0) is 25.7 Å². The van der Waals surface area contributed by atoms with Crippen LogP contribution in [0.4, 0.5) is 0 Å². The summed E-state index contributed by atoms with van der Waals surface area (Å²) in [4.78, 5) is 16.3. The van der Waals surface area contributed by atoms with Gasteiger partial charge in [-0.3, -0.25) is 4.79 Å². The fourth-order valence-corrected chi connectivity index (χ4v) is 2.53. The van der Waals surface area contributed by atoms with Gasteiger partial charge in [-0.2, -0.15) is 0 Å². The third-order valence-corrected chi connectivity index (χ3v) is 3.75. The molecule has 1 unspecified atom stereocenters. The number of carbonyl (C=O) groups excluding carboxylic acids is 1. The lowest BCUT2D eigenvalue weighted by Gasteiger charge is -2.17. The number of aryl methyl sites for hydroxylation is 1. The first-order valence-electron chi connectivity index (χ1n) is 6.44. The van der Waals surface area contributed by atoms with Gasteiger partial charge in [0.15, 0.2) is 0 Å². The Bertz CT molecular complexity index is 389. The second-order valence-corrected chi connectivity index (χ2v) is 5.93. The monoisotopic (exact) mass is 269 g/mol. The van der Waals surface area contributed by atoms with Gasteiger partial charge in [0.2, 0.25) is 5.91 Å². The molecule has 0 aliphatic rings. The van der Waals surface area contributed by atoms with Crippen LogP contribution in [0.3, 0.4) is 0 Å². The summed E-state index contributed by atoms with van der Waals surface area (Å²) in [5.41, 5.74) is 6.76. The Balaban J connectivity index is 2.53. The van der Waals surface area contributed by atoms with E-state index < -0.39 is 6.04 Å². The molecule has 1 aromatic rings. The van der Waals surface area contributed by atoms with E-state index in [1.54, 1.807) is 11.3 Å². The maximum atomic E-state index is 11.9. The smallest absolute Gasteiger partial charge is 0.237 e. The molecule has 0 spiro atoms.